The quantitative estimate of drug-likeness (QED) is 0.779. The van der Waals surface area contributed by atoms with Crippen LogP contribution in [0.2, 0.25) is 5.02 Å². The molecule has 0 aliphatic rings. The number of carboxylic acid groups (broad SMARTS) is 1. The van der Waals surface area contributed by atoms with Crippen LogP contribution in [0.5, 0.6) is 0 Å². The van der Waals surface area contributed by atoms with Gasteiger partial charge >= 0.3 is 12.1 Å². The van der Waals surface area contributed by atoms with Crippen molar-refractivity contribution in [2.24, 2.45) is 5.41 Å². The van der Waals surface area contributed by atoms with Crippen molar-refractivity contribution in [2.75, 3.05) is 6.54 Å². The summed E-state index contributed by atoms with van der Waals surface area (Å²) in [5.41, 5.74) is -1.26. The van der Waals surface area contributed by atoms with Crippen LogP contribution in [0, 0.1) is 5.41 Å². The predicted molar refractivity (Wildman–Crippen MR) is 74.2 cm³/mol. The van der Waals surface area contributed by atoms with E-state index in [1.807, 2.05) is 0 Å². The Bertz CT molecular complexity index is 515. The summed E-state index contributed by atoms with van der Waals surface area (Å²) in [5, 5.41) is 11.9. The lowest BCUT2D eigenvalue weighted by molar-refractivity contribution is -0.147. The largest absolute Gasteiger partial charge is 0.481 e. The number of hydrogen-bond acceptors (Lipinski definition) is 2. The summed E-state index contributed by atoms with van der Waals surface area (Å²) in [5.74, 6) is -0.911. The van der Waals surface area contributed by atoms with Crippen molar-refractivity contribution >= 4 is 17.6 Å². The second kappa shape index (κ2) is 6.66. The number of alkyl halides is 3. The zero-order valence-electron chi connectivity index (χ0n) is 11.7. The van der Waals surface area contributed by atoms with E-state index in [9.17, 15) is 18.0 Å². The van der Waals surface area contributed by atoms with Crippen LogP contribution in [0.15, 0.2) is 18.2 Å². The zero-order valence-corrected chi connectivity index (χ0v) is 12.5. The van der Waals surface area contributed by atoms with Crippen molar-refractivity contribution < 1.29 is 23.1 Å². The third-order valence-electron chi connectivity index (χ3n) is 3.12. The highest BCUT2D eigenvalue weighted by atomic mass is 35.5. The van der Waals surface area contributed by atoms with Crippen LogP contribution in [-0.4, -0.2) is 17.6 Å². The van der Waals surface area contributed by atoms with E-state index in [2.05, 4.69) is 5.32 Å². The van der Waals surface area contributed by atoms with Gasteiger partial charge in [-0.2, -0.15) is 13.2 Å². The summed E-state index contributed by atoms with van der Waals surface area (Å²) in [6.45, 7) is 3.77. The van der Waals surface area contributed by atoms with Crippen molar-refractivity contribution in [3.05, 3.63) is 34.3 Å². The van der Waals surface area contributed by atoms with E-state index >= 15 is 0 Å². The van der Waals surface area contributed by atoms with Gasteiger partial charge < -0.3 is 10.4 Å². The van der Waals surface area contributed by atoms with E-state index in [0.29, 0.717) is 18.5 Å². The average molecular weight is 324 g/mol. The van der Waals surface area contributed by atoms with Gasteiger partial charge in [-0.25, -0.2) is 0 Å². The Balaban J connectivity index is 2.61. The SMILES string of the molecule is CC(C)(CCNCc1cc(Cl)cc(C(F)(F)F)c1)C(=O)O. The Morgan fingerprint density at radius 3 is 2.43 bits per heavy atom. The number of halogens is 4. The molecule has 0 aliphatic heterocycles. The smallest absolute Gasteiger partial charge is 0.416 e. The van der Waals surface area contributed by atoms with Crippen LogP contribution >= 0.6 is 11.6 Å². The molecule has 0 radical (unpaired) electrons. The molecule has 0 aromatic heterocycles. The van der Waals surface area contributed by atoms with Crippen LogP contribution in [0.25, 0.3) is 0 Å². The number of benzene rings is 1. The lowest BCUT2D eigenvalue weighted by Gasteiger charge is -2.19. The molecule has 21 heavy (non-hydrogen) atoms. The fourth-order valence-corrected chi connectivity index (χ4v) is 1.91. The van der Waals surface area contributed by atoms with Crippen molar-refractivity contribution in [3.8, 4) is 0 Å². The molecular formula is C14H17ClF3NO2. The number of aliphatic carboxylic acids is 1. The van der Waals surface area contributed by atoms with E-state index in [-0.39, 0.29) is 11.6 Å². The Hall–Kier alpha value is -1.27. The van der Waals surface area contributed by atoms with Gasteiger partial charge in [0.25, 0.3) is 0 Å². The van der Waals surface area contributed by atoms with Gasteiger partial charge in [0.05, 0.1) is 11.0 Å². The Morgan fingerprint density at radius 1 is 1.29 bits per heavy atom. The molecule has 0 amide bonds. The minimum absolute atomic E-state index is 0.0208. The van der Waals surface area contributed by atoms with Crippen molar-refractivity contribution in [1.82, 2.24) is 5.32 Å². The highest BCUT2D eigenvalue weighted by molar-refractivity contribution is 6.30. The summed E-state index contributed by atoms with van der Waals surface area (Å²) < 4.78 is 37.9. The summed E-state index contributed by atoms with van der Waals surface area (Å²) in [6, 6.07) is 3.35. The Labute approximate surface area is 126 Å². The average Bonchev–Trinajstić information content (AvgIpc) is 2.33. The fraction of sp³-hybridized carbons (Fsp3) is 0.500. The van der Waals surface area contributed by atoms with E-state index in [4.69, 9.17) is 16.7 Å². The molecule has 0 aliphatic carbocycles. The molecule has 3 nitrogen and oxygen atoms in total. The molecule has 1 rings (SSSR count). The van der Waals surface area contributed by atoms with Gasteiger partial charge in [-0.05, 0) is 50.6 Å². The third kappa shape index (κ3) is 5.55. The van der Waals surface area contributed by atoms with Crippen LogP contribution in [-0.2, 0) is 17.5 Å². The number of nitrogens with one attached hydrogen (secondary N) is 1. The molecule has 1 aromatic rings. The normalized spacial score (nSPS) is 12.5. The predicted octanol–water partition coefficient (Wildman–Crippen LogP) is 3.95. The first-order valence-corrected chi connectivity index (χ1v) is 6.71. The fourth-order valence-electron chi connectivity index (χ4n) is 1.66. The van der Waals surface area contributed by atoms with Crippen LogP contribution < -0.4 is 5.32 Å². The van der Waals surface area contributed by atoms with Crippen molar-refractivity contribution in [2.45, 2.75) is 33.0 Å². The monoisotopic (exact) mass is 323 g/mol. The molecule has 0 saturated carbocycles. The van der Waals surface area contributed by atoms with Crippen LogP contribution in [0.3, 0.4) is 0 Å². The molecule has 2 N–H and O–H groups in total. The lowest BCUT2D eigenvalue weighted by atomic mass is 9.90. The molecule has 0 unspecified atom stereocenters. The molecule has 7 heteroatoms. The van der Waals surface area contributed by atoms with E-state index in [1.165, 1.54) is 6.07 Å². The van der Waals surface area contributed by atoms with E-state index < -0.39 is 23.1 Å². The van der Waals surface area contributed by atoms with Gasteiger partial charge in [0, 0.05) is 11.6 Å². The van der Waals surface area contributed by atoms with E-state index in [0.717, 1.165) is 12.1 Å². The maximum absolute atomic E-state index is 12.6. The molecule has 0 heterocycles. The van der Waals surface area contributed by atoms with Gasteiger partial charge in [0.15, 0.2) is 0 Å². The molecule has 118 valence electrons. The second-order valence-electron chi connectivity index (χ2n) is 5.46. The molecule has 0 saturated heterocycles. The number of carboxylic acids is 1. The van der Waals surface area contributed by atoms with Gasteiger partial charge in [0.1, 0.15) is 0 Å². The number of rotatable bonds is 6. The maximum Gasteiger partial charge on any atom is 0.416 e. The number of carbonyl (C=O) groups is 1. The summed E-state index contributed by atoms with van der Waals surface area (Å²) >= 11 is 5.68. The highest BCUT2D eigenvalue weighted by Gasteiger charge is 2.31. The van der Waals surface area contributed by atoms with Gasteiger partial charge in [0.2, 0.25) is 0 Å². The van der Waals surface area contributed by atoms with Gasteiger partial charge in [-0.3, -0.25) is 4.79 Å². The summed E-state index contributed by atoms with van der Waals surface area (Å²) in [4.78, 5) is 10.9. The molecule has 1 aromatic carbocycles. The summed E-state index contributed by atoms with van der Waals surface area (Å²) in [7, 11) is 0. The first-order chi connectivity index (χ1) is 9.52. The Kier molecular flexibility index (Phi) is 5.64. The molecule has 0 atom stereocenters. The number of hydrogen-bond donors (Lipinski definition) is 2. The zero-order chi connectivity index (χ0) is 16.3. The second-order valence-corrected chi connectivity index (χ2v) is 5.90. The third-order valence-corrected chi connectivity index (χ3v) is 3.34. The summed E-state index contributed by atoms with van der Waals surface area (Å²) in [6.07, 6.45) is -4.07. The van der Waals surface area contributed by atoms with Crippen molar-refractivity contribution in [3.63, 3.8) is 0 Å². The highest BCUT2D eigenvalue weighted by Crippen LogP contribution is 2.31. The van der Waals surface area contributed by atoms with Crippen molar-refractivity contribution in [1.29, 1.82) is 0 Å². The van der Waals surface area contributed by atoms with Crippen LogP contribution in [0.1, 0.15) is 31.4 Å². The molecular weight excluding hydrogens is 307 g/mol. The Morgan fingerprint density at radius 2 is 1.90 bits per heavy atom. The first kappa shape index (κ1) is 17.8. The topological polar surface area (TPSA) is 49.3 Å². The minimum Gasteiger partial charge on any atom is -0.481 e. The first-order valence-electron chi connectivity index (χ1n) is 6.33. The molecule has 0 bridgehead atoms. The van der Waals surface area contributed by atoms with Crippen LogP contribution in [0.4, 0.5) is 13.2 Å². The van der Waals surface area contributed by atoms with Gasteiger partial charge in [-0.15, -0.1) is 0 Å². The molecule has 0 spiro atoms. The minimum atomic E-state index is -4.44. The maximum atomic E-state index is 12.6. The molecule has 0 fully saturated rings. The lowest BCUT2D eigenvalue weighted by Crippen LogP contribution is -2.28. The standard InChI is InChI=1S/C14H17ClF3NO2/c1-13(2,12(20)21)3-4-19-8-9-5-10(14(16,17)18)7-11(15)6-9/h5-7,19H,3-4,8H2,1-2H3,(H,20,21). The van der Waals surface area contributed by atoms with E-state index in [1.54, 1.807) is 13.8 Å². The van der Waals surface area contributed by atoms with Gasteiger partial charge in [-0.1, -0.05) is 11.6 Å².